The number of carbonyl (C=O) groups is 2. The molecular weight excluding hydrogens is 375 g/mol. The van der Waals surface area contributed by atoms with Gasteiger partial charge in [-0.15, -0.1) is 0 Å². The molecule has 2 aromatic rings. The van der Waals surface area contributed by atoms with Crippen LogP contribution in [-0.2, 0) is 16.0 Å². The average Bonchev–Trinajstić information content (AvgIpc) is 2.55. The van der Waals surface area contributed by atoms with Crippen LogP contribution in [0.4, 0.5) is 5.69 Å². The Labute approximate surface area is 162 Å². The Morgan fingerprint density at radius 2 is 1.73 bits per heavy atom. The number of hydrogen-bond acceptors (Lipinski definition) is 3. The van der Waals surface area contributed by atoms with Gasteiger partial charge in [-0.2, -0.15) is 0 Å². The first-order chi connectivity index (χ1) is 12.3. The average molecular weight is 395 g/mol. The van der Waals surface area contributed by atoms with Gasteiger partial charge in [0, 0.05) is 16.8 Å². The van der Waals surface area contributed by atoms with E-state index in [1.165, 1.54) is 0 Å². The van der Waals surface area contributed by atoms with Crippen molar-refractivity contribution in [2.24, 2.45) is 0 Å². The van der Waals surface area contributed by atoms with Crippen molar-refractivity contribution in [3.63, 3.8) is 0 Å². The number of halogens is 2. The number of hydrogen-bond donors (Lipinski definition) is 2. The summed E-state index contributed by atoms with van der Waals surface area (Å²) >= 11 is 11.8. The maximum atomic E-state index is 12.0. The minimum absolute atomic E-state index is 0.0370. The molecule has 0 aliphatic heterocycles. The molecule has 2 amide bonds. The first-order valence-electron chi connectivity index (χ1n) is 8.09. The number of amides is 2. The molecule has 0 aromatic heterocycles. The zero-order chi connectivity index (χ0) is 19.1. The van der Waals surface area contributed by atoms with Crippen LogP contribution in [-0.4, -0.2) is 24.5 Å². The van der Waals surface area contributed by atoms with Crippen LogP contribution in [0.5, 0.6) is 5.75 Å². The van der Waals surface area contributed by atoms with Gasteiger partial charge in [0.05, 0.1) is 11.4 Å². The van der Waals surface area contributed by atoms with Crippen molar-refractivity contribution in [2.75, 3.05) is 11.9 Å². The molecule has 2 N–H and O–H groups in total. The molecule has 2 rings (SSSR count). The molecule has 0 heterocycles. The normalized spacial score (nSPS) is 10.5. The van der Waals surface area contributed by atoms with Gasteiger partial charge in [0.2, 0.25) is 5.91 Å². The SMILES string of the molecule is CC(C)NC(=O)Cc1ccc(NC(=O)COc2ccc(Cl)cc2Cl)cc1. The summed E-state index contributed by atoms with van der Waals surface area (Å²) in [7, 11) is 0. The van der Waals surface area contributed by atoms with E-state index in [2.05, 4.69) is 10.6 Å². The van der Waals surface area contributed by atoms with Crippen LogP contribution in [0.25, 0.3) is 0 Å². The van der Waals surface area contributed by atoms with E-state index in [4.69, 9.17) is 27.9 Å². The number of nitrogens with one attached hydrogen (secondary N) is 2. The fourth-order valence-corrected chi connectivity index (χ4v) is 2.66. The maximum Gasteiger partial charge on any atom is 0.262 e. The first-order valence-corrected chi connectivity index (χ1v) is 8.85. The van der Waals surface area contributed by atoms with Gasteiger partial charge in [-0.25, -0.2) is 0 Å². The van der Waals surface area contributed by atoms with Crippen molar-refractivity contribution in [3.05, 3.63) is 58.1 Å². The van der Waals surface area contributed by atoms with Crippen molar-refractivity contribution in [3.8, 4) is 5.75 Å². The maximum absolute atomic E-state index is 12.0. The van der Waals surface area contributed by atoms with Crippen LogP contribution >= 0.6 is 23.2 Å². The predicted molar refractivity (Wildman–Crippen MR) is 104 cm³/mol. The molecule has 5 nitrogen and oxygen atoms in total. The van der Waals surface area contributed by atoms with Gasteiger partial charge < -0.3 is 15.4 Å². The highest BCUT2D eigenvalue weighted by atomic mass is 35.5. The van der Waals surface area contributed by atoms with Crippen molar-refractivity contribution >= 4 is 40.7 Å². The zero-order valence-corrected chi connectivity index (χ0v) is 16.0. The van der Waals surface area contributed by atoms with Gasteiger partial charge in [0.15, 0.2) is 6.61 Å². The van der Waals surface area contributed by atoms with Crippen molar-refractivity contribution in [2.45, 2.75) is 26.3 Å². The second-order valence-electron chi connectivity index (χ2n) is 6.01. The van der Waals surface area contributed by atoms with Crippen LogP contribution in [0.3, 0.4) is 0 Å². The molecule has 0 fully saturated rings. The van der Waals surface area contributed by atoms with E-state index < -0.39 is 0 Å². The summed E-state index contributed by atoms with van der Waals surface area (Å²) in [6, 6.07) is 12.0. The van der Waals surface area contributed by atoms with E-state index in [0.29, 0.717) is 27.9 Å². The number of carbonyl (C=O) groups excluding carboxylic acids is 2. The van der Waals surface area contributed by atoms with E-state index in [1.807, 2.05) is 13.8 Å². The third-order valence-corrected chi connectivity index (χ3v) is 3.84. The third kappa shape index (κ3) is 6.58. The molecule has 7 heteroatoms. The molecule has 0 unspecified atom stereocenters. The highest BCUT2D eigenvalue weighted by Crippen LogP contribution is 2.27. The number of anilines is 1. The van der Waals surface area contributed by atoms with Crippen molar-refractivity contribution in [1.82, 2.24) is 5.32 Å². The van der Waals surface area contributed by atoms with Crippen LogP contribution in [0.1, 0.15) is 19.4 Å². The molecule has 0 aliphatic rings. The summed E-state index contributed by atoms with van der Waals surface area (Å²) in [5.41, 5.74) is 1.49. The van der Waals surface area contributed by atoms with Gasteiger partial charge >= 0.3 is 0 Å². The lowest BCUT2D eigenvalue weighted by molar-refractivity contribution is -0.121. The molecule has 0 spiro atoms. The Balaban J connectivity index is 1.84. The lowest BCUT2D eigenvalue weighted by Crippen LogP contribution is -2.31. The Morgan fingerprint density at radius 3 is 2.35 bits per heavy atom. The van der Waals surface area contributed by atoms with Gasteiger partial charge in [0.25, 0.3) is 5.91 Å². The second kappa shape index (κ2) is 9.46. The van der Waals surface area contributed by atoms with Gasteiger partial charge in [0.1, 0.15) is 5.75 Å². The van der Waals surface area contributed by atoms with Crippen molar-refractivity contribution in [1.29, 1.82) is 0 Å². The number of ether oxygens (including phenoxy) is 1. The Bertz CT molecular complexity index is 777. The summed E-state index contributed by atoms with van der Waals surface area (Å²) in [6.45, 7) is 3.64. The van der Waals surface area contributed by atoms with Crippen LogP contribution in [0, 0.1) is 0 Å². The predicted octanol–water partition coefficient (Wildman–Crippen LogP) is 4.08. The molecule has 138 valence electrons. The highest BCUT2D eigenvalue weighted by molar-refractivity contribution is 6.35. The number of rotatable bonds is 7. The zero-order valence-electron chi connectivity index (χ0n) is 14.5. The fourth-order valence-electron chi connectivity index (χ4n) is 2.20. The van der Waals surface area contributed by atoms with E-state index in [1.54, 1.807) is 42.5 Å². The Hall–Kier alpha value is -2.24. The molecule has 0 saturated carbocycles. The molecule has 0 radical (unpaired) electrons. The molecule has 0 bridgehead atoms. The van der Waals surface area contributed by atoms with Gasteiger partial charge in [-0.05, 0) is 49.7 Å². The number of benzene rings is 2. The summed E-state index contributed by atoms with van der Waals surface area (Å²) in [4.78, 5) is 23.7. The summed E-state index contributed by atoms with van der Waals surface area (Å²) in [5.74, 6) is 0.0316. The second-order valence-corrected chi connectivity index (χ2v) is 6.85. The third-order valence-electron chi connectivity index (χ3n) is 3.30. The minimum atomic E-state index is -0.318. The summed E-state index contributed by atoms with van der Waals surface area (Å²) in [5, 5.41) is 6.39. The van der Waals surface area contributed by atoms with E-state index in [-0.39, 0.29) is 24.5 Å². The van der Waals surface area contributed by atoms with E-state index >= 15 is 0 Å². The summed E-state index contributed by atoms with van der Waals surface area (Å²) in [6.07, 6.45) is 0.296. The molecule has 0 saturated heterocycles. The van der Waals surface area contributed by atoms with Crippen LogP contribution in [0.15, 0.2) is 42.5 Å². The quantitative estimate of drug-likeness (QED) is 0.743. The Kier molecular flexibility index (Phi) is 7.30. The lowest BCUT2D eigenvalue weighted by atomic mass is 10.1. The van der Waals surface area contributed by atoms with Crippen LogP contribution < -0.4 is 15.4 Å². The van der Waals surface area contributed by atoms with Crippen LogP contribution in [0.2, 0.25) is 10.0 Å². The van der Waals surface area contributed by atoms with Gasteiger partial charge in [-0.1, -0.05) is 35.3 Å². The highest BCUT2D eigenvalue weighted by Gasteiger charge is 2.08. The molecular formula is C19H20Cl2N2O3. The van der Waals surface area contributed by atoms with Crippen molar-refractivity contribution < 1.29 is 14.3 Å². The van der Waals surface area contributed by atoms with Gasteiger partial charge in [-0.3, -0.25) is 9.59 Å². The molecule has 26 heavy (non-hydrogen) atoms. The standard InChI is InChI=1S/C19H20Cl2N2O3/c1-12(2)22-18(24)9-13-3-6-15(7-4-13)23-19(25)11-26-17-8-5-14(20)10-16(17)21/h3-8,10,12H,9,11H2,1-2H3,(H,22,24)(H,23,25). The molecule has 0 atom stereocenters. The summed E-state index contributed by atoms with van der Waals surface area (Å²) < 4.78 is 5.38. The monoisotopic (exact) mass is 394 g/mol. The van der Waals surface area contributed by atoms with E-state index in [9.17, 15) is 9.59 Å². The fraction of sp³-hybridized carbons (Fsp3) is 0.263. The Morgan fingerprint density at radius 1 is 1.04 bits per heavy atom. The topological polar surface area (TPSA) is 67.4 Å². The molecule has 2 aromatic carbocycles. The lowest BCUT2D eigenvalue weighted by Gasteiger charge is -2.10. The van der Waals surface area contributed by atoms with E-state index in [0.717, 1.165) is 5.56 Å². The molecule has 0 aliphatic carbocycles. The minimum Gasteiger partial charge on any atom is -0.482 e. The smallest absolute Gasteiger partial charge is 0.262 e. The largest absolute Gasteiger partial charge is 0.482 e. The first kappa shape index (κ1) is 20.1.